The van der Waals surface area contributed by atoms with E-state index in [-0.39, 0.29) is 5.56 Å². The number of hydrogen-bond donors (Lipinski definition) is 4. The number of nitrogens with one attached hydrogen (secondary N) is 4. The van der Waals surface area contributed by atoms with E-state index >= 15 is 0 Å². The molecule has 2 saturated heterocycles. The summed E-state index contributed by atoms with van der Waals surface area (Å²) in [5.41, 5.74) is 4.10. The Morgan fingerprint density at radius 3 is 2.86 bits per heavy atom. The van der Waals surface area contributed by atoms with Crippen molar-refractivity contribution in [3.63, 3.8) is 0 Å². The van der Waals surface area contributed by atoms with Crippen LogP contribution in [0.15, 0.2) is 47.5 Å². The zero-order valence-corrected chi connectivity index (χ0v) is 20.8. The van der Waals surface area contributed by atoms with E-state index in [1.54, 1.807) is 12.3 Å². The standard InChI is InChI=1S/C27H31N7O3/c1-17-22(15-30-27-24(17)28-10-14-37-27)32-21-8-9-29-25(35)23(21)26(36)31-18-4-6-19(7-5-18)34-13-12-33-11-2-3-20(33)16-34/h4-9,15,20,28H,2-3,10-14,16H2,1H3,(H,31,36)(H2,29,32,35). The van der Waals surface area contributed by atoms with Gasteiger partial charge in [0.1, 0.15) is 17.9 Å². The van der Waals surface area contributed by atoms with Crippen LogP contribution in [0, 0.1) is 6.92 Å². The molecule has 5 heterocycles. The van der Waals surface area contributed by atoms with E-state index < -0.39 is 11.5 Å². The largest absolute Gasteiger partial charge is 0.474 e. The molecule has 6 rings (SSSR count). The predicted octanol–water partition coefficient (Wildman–Crippen LogP) is 3.16. The number of pyridine rings is 2. The van der Waals surface area contributed by atoms with Crippen molar-refractivity contribution in [2.75, 3.05) is 60.2 Å². The summed E-state index contributed by atoms with van der Waals surface area (Å²) < 4.78 is 5.60. The molecule has 1 unspecified atom stereocenters. The molecule has 0 radical (unpaired) electrons. The maximum absolute atomic E-state index is 13.2. The minimum Gasteiger partial charge on any atom is -0.474 e. The van der Waals surface area contributed by atoms with E-state index in [1.165, 1.54) is 25.6 Å². The molecule has 0 bridgehead atoms. The quantitative estimate of drug-likeness (QED) is 0.422. The number of benzene rings is 1. The van der Waals surface area contributed by atoms with Gasteiger partial charge in [0, 0.05) is 55.4 Å². The Morgan fingerprint density at radius 1 is 1.14 bits per heavy atom. The number of fused-ring (bicyclic) bond motifs is 2. The van der Waals surface area contributed by atoms with Gasteiger partial charge in [-0.1, -0.05) is 0 Å². The van der Waals surface area contributed by atoms with Crippen molar-refractivity contribution in [3.8, 4) is 5.88 Å². The monoisotopic (exact) mass is 501 g/mol. The first-order chi connectivity index (χ1) is 18.1. The van der Waals surface area contributed by atoms with Crippen molar-refractivity contribution in [1.82, 2.24) is 14.9 Å². The van der Waals surface area contributed by atoms with Gasteiger partial charge >= 0.3 is 0 Å². The number of H-pyrrole nitrogens is 1. The highest BCUT2D eigenvalue weighted by Crippen LogP contribution is 2.34. The van der Waals surface area contributed by atoms with Crippen molar-refractivity contribution < 1.29 is 9.53 Å². The Balaban J connectivity index is 1.19. The molecule has 10 nitrogen and oxygen atoms in total. The van der Waals surface area contributed by atoms with Crippen LogP contribution in [0.3, 0.4) is 0 Å². The molecule has 10 heteroatoms. The number of aromatic nitrogens is 2. The van der Waals surface area contributed by atoms with Gasteiger partial charge in [0.05, 0.1) is 17.6 Å². The minimum atomic E-state index is -0.485. The molecular weight excluding hydrogens is 470 g/mol. The summed E-state index contributed by atoms with van der Waals surface area (Å²) in [5.74, 6) is 0.0634. The average Bonchev–Trinajstić information content (AvgIpc) is 3.39. The van der Waals surface area contributed by atoms with Crippen LogP contribution < -0.4 is 31.1 Å². The third-order valence-corrected chi connectivity index (χ3v) is 7.48. The van der Waals surface area contributed by atoms with E-state index in [0.717, 1.165) is 36.6 Å². The fourth-order valence-electron chi connectivity index (χ4n) is 5.48. The summed E-state index contributed by atoms with van der Waals surface area (Å²) in [5, 5.41) is 9.40. The van der Waals surface area contributed by atoms with Gasteiger partial charge in [-0.2, -0.15) is 0 Å². The van der Waals surface area contributed by atoms with Gasteiger partial charge in [-0.3, -0.25) is 14.5 Å². The summed E-state index contributed by atoms with van der Waals surface area (Å²) in [6.45, 7) is 7.54. The second-order valence-corrected chi connectivity index (χ2v) is 9.75. The van der Waals surface area contributed by atoms with E-state index in [0.29, 0.717) is 42.1 Å². The normalized spacial score (nSPS) is 18.8. The van der Waals surface area contributed by atoms with Crippen LogP contribution in [0.5, 0.6) is 5.88 Å². The van der Waals surface area contributed by atoms with Gasteiger partial charge in [-0.15, -0.1) is 0 Å². The van der Waals surface area contributed by atoms with E-state index in [4.69, 9.17) is 4.74 Å². The number of aromatic amines is 1. The molecule has 4 N–H and O–H groups in total. The van der Waals surface area contributed by atoms with Gasteiger partial charge in [0.25, 0.3) is 11.5 Å². The van der Waals surface area contributed by atoms with Crippen molar-refractivity contribution in [1.29, 1.82) is 0 Å². The second-order valence-electron chi connectivity index (χ2n) is 9.75. The molecule has 2 fully saturated rings. The van der Waals surface area contributed by atoms with Crippen LogP contribution >= 0.6 is 0 Å². The Bertz CT molecular complexity index is 1370. The number of ether oxygens (including phenoxy) is 1. The first kappa shape index (κ1) is 23.4. The van der Waals surface area contributed by atoms with Crippen molar-refractivity contribution in [2.45, 2.75) is 25.8 Å². The molecule has 0 spiro atoms. The molecule has 0 aliphatic carbocycles. The van der Waals surface area contributed by atoms with Crippen LogP contribution in [-0.4, -0.2) is 66.1 Å². The number of anilines is 5. The molecule has 1 aromatic carbocycles. The molecule has 192 valence electrons. The summed E-state index contributed by atoms with van der Waals surface area (Å²) >= 11 is 0. The van der Waals surface area contributed by atoms with Gasteiger partial charge in [-0.25, -0.2) is 4.98 Å². The first-order valence-corrected chi connectivity index (χ1v) is 12.8. The van der Waals surface area contributed by atoms with E-state index in [1.807, 2.05) is 31.2 Å². The smallest absolute Gasteiger partial charge is 0.263 e. The van der Waals surface area contributed by atoms with Crippen LogP contribution in [0.2, 0.25) is 0 Å². The number of carbonyl (C=O) groups excluding carboxylic acids is 1. The predicted molar refractivity (Wildman–Crippen MR) is 145 cm³/mol. The molecule has 3 aliphatic heterocycles. The lowest BCUT2D eigenvalue weighted by Crippen LogP contribution is -2.50. The number of nitrogens with zero attached hydrogens (tertiary/aromatic N) is 3. The highest BCUT2D eigenvalue weighted by atomic mass is 16.5. The summed E-state index contributed by atoms with van der Waals surface area (Å²) in [6, 6.07) is 10.2. The first-order valence-electron chi connectivity index (χ1n) is 12.8. The summed E-state index contributed by atoms with van der Waals surface area (Å²) in [4.78, 5) is 37.9. The maximum Gasteiger partial charge on any atom is 0.263 e. The Morgan fingerprint density at radius 2 is 2.00 bits per heavy atom. The fraction of sp³-hybridized carbons (Fsp3) is 0.370. The summed E-state index contributed by atoms with van der Waals surface area (Å²) in [7, 11) is 0. The molecule has 37 heavy (non-hydrogen) atoms. The van der Waals surface area contributed by atoms with Crippen molar-refractivity contribution >= 4 is 34.3 Å². The molecule has 3 aromatic rings. The zero-order chi connectivity index (χ0) is 25.4. The highest BCUT2D eigenvalue weighted by molar-refractivity contribution is 6.08. The lowest BCUT2D eigenvalue weighted by Gasteiger charge is -2.38. The van der Waals surface area contributed by atoms with Crippen LogP contribution in [0.1, 0.15) is 28.8 Å². The number of amides is 1. The number of rotatable bonds is 5. The Hall–Kier alpha value is -4.05. The second kappa shape index (κ2) is 9.78. The number of carbonyl (C=O) groups is 1. The fourth-order valence-corrected chi connectivity index (χ4v) is 5.48. The average molecular weight is 502 g/mol. The van der Waals surface area contributed by atoms with Crippen molar-refractivity contribution in [2.24, 2.45) is 0 Å². The molecule has 2 aromatic heterocycles. The highest BCUT2D eigenvalue weighted by Gasteiger charge is 2.30. The molecule has 0 saturated carbocycles. The van der Waals surface area contributed by atoms with Gasteiger partial charge in [0.2, 0.25) is 5.88 Å². The number of piperazine rings is 1. The third-order valence-electron chi connectivity index (χ3n) is 7.48. The van der Waals surface area contributed by atoms with Crippen LogP contribution in [0.4, 0.5) is 28.4 Å². The van der Waals surface area contributed by atoms with E-state index in [2.05, 4.69) is 35.7 Å². The maximum atomic E-state index is 13.2. The molecule has 1 atom stereocenters. The van der Waals surface area contributed by atoms with Crippen molar-refractivity contribution in [3.05, 3.63) is 64.2 Å². The molecular formula is C27H31N7O3. The zero-order valence-electron chi connectivity index (χ0n) is 20.8. The SMILES string of the molecule is Cc1c(Nc2cc[nH]c(=O)c2C(=O)Nc2ccc(N3CCN4CCCC4C3)cc2)cnc2c1NCCO2. The molecule has 3 aliphatic rings. The third kappa shape index (κ3) is 4.60. The van der Waals surface area contributed by atoms with Crippen LogP contribution in [-0.2, 0) is 0 Å². The topological polar surface area (TPSA) is 115 Å². The van der Waals surface area contributed by atoms with Gasteiger partial charge < -0.3 is 30.6 Å². The van der Waals surface area contributed by atoms with E-state index in [9.17, 15) is 9.59 Å². The van der Waals surface area contributed by atoms with Gasteiger partial charge in [0.15, 0.2) is 0 Å². The lowest BCUT2D eigenvalue weighted by atomic mass is 10.1. The summed E-state index contributed by atoms with van der Waals surface area (Å²) in [6.07, 6.45) is 5.71. The minimum absolute atomic E-state index is 0.00487. The lowest BCUT2D eigenvalue weighted by molar-refractivity contribution is 0.102. The van der Waals surface area contributed by atoms with Crippen LogP contribution in [0.25, 0.3) is 0 Å². The van der Waals surface area contributed by atoms with Gasteiger partial charge in [-0.05, 0) is 56.6 Å². The molecule has 1 amide bonds. The number of hydrogen-bond acceptors (Lipinski definition) is 8. The Labute approximate surface area is 215 Å². The Kier molecular flexibility index (Phi) is 6.17.